The van der Waals surface area contributed by atoms with Crippen molar-refractivity contribution in [2.24, 2.45) is 0 Å². The number of methoxy groups -OCH3 is 1. The van der Waals surface area contributed by atoms with Crippen LogP contribution in [0.2, 0.25) is 0 Å². The van der Waals surface area contributed by atoms with E-state index in [1.165, 1.54) is 67.6 Å². The number of phenolic OH excluding ortho intramolecular Hbond substituents is 6. The number of aromatic nitrogens is 3. The van der Waals surface area contributed by atoms with Crippen molar-refractivity contribution in [1.29, 1.82) is 0 Å². The van der Waals surface area contributed by atoms with Gasteiger partial charge in [-0.25, -0.2) is 9.48 Å². The summed E-state index contributed by atoms with van der Waals surface area (Å²) in [6, 6.07) is 8.22. The molecule has 1 saturated heterocycles. The summed E-state index contributed by atoms with van der Waals surface area (Å²) in [6.45, 7) is 4.22. The molecule has 17 bridgehead atoms. The molecule has 7 aromatic carbocycles. The Morgan fingerprint density at radius 2 is 1.01 bits per heavy atom. The second-order valence-electron chi connectivity index (χ2n) is 27.0. The number of nitrogens with one attached hydrogen (secondary N) is 6. The number of aliphatic hydroxyl groups is 2. The topological polar surface area (TPSA) is 545 Å². The summed E-state index contributed by atoms with van der Waals surface area (Å²) in [5, 5.41) is 118. The fourth-order valence-electron chi connectivity index (χ4n) is 13.6. The molecule has 0 unspecified atom stereocenters. The van der Waals surface area contributed by atoms with Gasteiger partial charge in [0.05, 0.1) is 19.9 Å². The van der Waals surface area contributed by atoms with E-state index in [2.05, 4.69) is 42.2 Å². The van der Waals surface area contributed by atoms with Crippen LogP contribution in [0.3, 0.4) is 0 Å². The molecule has 8 aromatic rings. The van der Waals surface area contributed by atoms with Gasteiger partial charge in [-0.15, -0.1) is 5.10 Å². The summed E-state index contributed by atoms with van der Waals surface area (Å²) < 4.78 is 58.8. The maximum Gasteiger partial charge on any atom is 0.333 e. The van der Waals surface area contributed by atoms with Crippen molar-refractivity contribution < 1.29 is 141 Å². The zero-order chi connectivity index (χ0) is 82.3. The highest BCUT2D eigenvalue weighted by Gasteiger charge is 2.53. The minimum Gasteiger partial charge on any atom is -0.508 e. The Morgan fingerprint density at radius 3 is 1.61 bits per heavy atom. The number of esters is 5. The number of hydrogen-bond acceptors (Lipinski definition) is 31. The third kappa shape index (κ3) is 16.5. The molecule has 38 heteroatoms. The van der Waals surface area contributed by atoms with E-state index in [1.807, 2.05) is 0 Å². The van der Waals surface area contributed by atoms with E-state index in [9.17, 15) is 69.6 Å². The molecule has 6 amide bonds. The normalized spacial score (nSPS) is 23.8. The van der Waals surface area contributed by atoms with Gasteiger partial charge < -0.3 is 120 Å². The molecule has 38 nitrogen and oxygen atoms in total. The minimum absolute atomic E-state index is 0.0695. The van der Waals surface area contributed by atoms with Gasteiger partial charge in [-0.1, -0.05) is 41.6 Å². The molecule has 1 fully saturated rings. The lowest BCUT2D eigenvalue weighted by Gasteiger charge is -2.43. The lowest BCUT2D eigenvalue weighted by Crippen LogP contribution is -2.62. The van der Waals surface area contributed by atoms with Crippen molar-refractivity contribution in [2.45, 2.75) is 126 Å². The first kappa shape index (κ1) is 79.0. The minimum atomic E-state index is -2.25. The fraction of sp³-hybridized carbons (Fsp3) is 0.286. The Kier molecular flexibility index (Phi) is 22.2. The first-order valence-corrected chi connectivity index (χ1v) is 35.0. The first-order valence-electron chi connectivity index (χ1n) is 35.0. The van der Waals surface area contributed by atoms with E-state index in [0.717, 1.165) is 106 Å². The molecule has 8 heterocycles. The van der Waals surface area contributed by atoms with Crippen molar-refractivity contribution in [3.05, 3.63) is 178 Å². The van der Waals surface area contributed by atoms with Crippen molar-refractivity contribution in [3.8, 4) is 80.1 Å². The number of rotatable bonds is 10. The number of aliphatic hydroxyl groups excluding tert-OH is 2. The van der Waals surface area contributed by atoms with Gasteiger partial charge in [0, 0.05) is 56.0 Å². The maximum atomic E-state index is 16.1. The summed E-state index contributed by atoms with van der Waals surface area (Å²) in [4.78, 5) is 157. The third-order valence-electron chi connectivity index (χ3n) is 19.1. The monoisotopic (exact) mass is 1590 g/mol. The van der Waals surface area contributed by atoms with Crippen LogP contribution in [-0.2, 0) is 92.5 Å². The Bertz CT molecular complexity index is 5270. The lowest BCUT2D eigenvalue weighted by atomic mass is 9.89. The van der Waals surface area contributed by atoms with Crippen LogP contribution in [0.25, 0.3) is 11.1 Å². The molecule has 7 aliphatic heterocycles. The first-order chi connectivity index (χ1) is 54.8. The maximum absolute atomic E-state index is 16.1. The van der Waals surface area contributed by atoms with Gasteiger partial charge in [0.25, 0.3) is 0 Å². The SMILES string of the molecule is COC(=O)[C@@H]1NC(=O)[C@H]2NC(=O)[C@H](NC(=O)[C@@H]3NC(=O)[C@H]4NC(=O)[C@H](NC(=O)[C@H](n5cc(CO[C@H]6O[C@H](COC(C)=O)[C@@H](OC(C)=O)[C@H](OC(C)=O)[C@H]6OC(C)=O)nn5)c5ccc(O)c(c5)Oc5cc4cc(O)c5C)[C@H](O)c4ccc(cc4)Oc4cc3cc(c4O)Oc3ccc(cc3)[C@H]2O)c2ccc(O)c(c2)-c2c(O)cc(O)cc21. The largest absolute Gasteiger partial charge is 0.508 e. The highest BCUT2D eigenvalue weighted by molar-refractivity contribution is 6.00. The molecule has 0 saturated carbocycles. The van der Waals surface area contributed by atoms with Gasteiger partial charge in [-0.05, 0) is 119 Å². The molecule has 14 N–H and O–H groups in total. The smallest absolute Gasteiger partial charge is 0.333 e. The van der Waals surface area contributed by atoms with Gasteiger partial charge in [0.2, 0.25) is 41.2 Å². The average molecular weight is 1590 g/mol. The molecule has 0 radical (unpaired) electrons. The Labute approximate surface area is 648 Å². The van der Waals surface area contributed by atoms with Crippen LogP contribution < -0.4 is 46.1 Å². The Hall–Kier alpha value is -14.1. The number of hydrogen-bond donors (Lipinski definition) is 14. The lowest BCUT2D eigenvalue weighted by molar-refractivity contribution is -0.310. The van der Waals surface area contributed by atoms with Crippen LogP contribution in [0.15, 0.2) is 128 Å². The summed E-state index contributed by atoms with van der Waals surface area (Å²) in [5.74, 6) is -18.9. The summed E-state index contributed by atoms with van der Waals surface area (Å²) in [6.07, 6.45) is -11.1. The van der Waals surface area contributed by atoms with Gasteiger partial charge in [0.15, 0.2) is 59.7 Å². The molecular formula is C77H71N9O29. The van der Waals surface area contributed by atoms with Crippen LogP contribution in [0.5, 0.6) is 69.0 Å². The van der Waals surface area contributed by atoms with Crippen molar-refractivity contribution in [2.75, 3.05) is 13.7 Å². The predicted octanol–water partition coefficient (Wildman–Crippen LogP) is 3.35. The number of fused-ring (bicyclic) bond motifs is 14. The number of carbonyl (C=O) groups is 11. The van der Waals surface area contributed by atoms with Crippen LogP contribution in [-0.4, -0.2) is 178 Å². The third-order valence-corrected chi connectivity index (χ3v) is 19.1. The number of carbonyl (C=O) groups excluding carboxylic acids is 11. The second kappa shape index (κ2) is 32.3. The summed E-state index contributed by atoms with van der Waals surface area (Å²) in [7, 11) is 0.954. The highest BCUT2D eigenvalue weighted by atomic mass is 16.7. The van der Waals surface area contributed by atoms with Gasteiger partial charge in [-0.3, -0.25) is 47.9 Å². The highest BCUT2D eigenvalue weighted by Crippen LogP contribution is 2.48. The molecule has 0 spiro atoms. The van der Waals surface area contributed by atoms with Crippen LogP contribution in [0.1, 0.15) is 120 Å². The quantitative estimate of drug-likeness (QED) is 0.0689. The van der Waals surface area contributed by atoms with Crippen LogP contribution in [0, 0.1) is 6.92 Å². The standard InChI is InChI=1S/C77H71N9O29/c1-30-49(94)20-39-22-51(30)114-52-21-38(12-18-48(52)93)63(86-27-41(84-85-86)28-108-77-69(111-34(5)90)68(110-33(4)89)67(109-32(3)88)55(115-77)29-107-31(2)87)75(104)83-62-65(97)36-9-15-44(16-10-36)113-54-24-40-23-53(66(54)98)112-43-13-7-35(8-14-43)64(96)61-74(103)81-60(76(105)106-6)46-25-42(91)26-50(95)56(46)45-19-37(11-17-47(45)92)57(70(99)82-61)78-72(101)59(40)79-71(100)58(39)80-73(62)102/h7-27,55,57-65,67-69,77,91-98H,28-29H2,1-6H3,(H,78,101)(H,79,100)(H,80,102)(H,81,103)(H,82,99)(H,83,104)/t55-,57-,58+,59-,60-,61+,62-,63-,64-,65-,67-,68+,69-,77+/m1/s1. The van der Waals surface area contributed by atoms with Gasteiger partial charge in [0.1, 0.15) is 101 Å². The molecule has 15 rings (SSSR count). The fourth-order valence-corrected chi connectivity index (χ4v) is 13.6. The van der Waals surface area contributed by atoms with Crippen molar-refractivity contribution in [1.82, 2.24) is 46.9 Å². The number of ether oxygens (including phenoxy) is 10. The summed E-state index contributed by atoms with van der Waals surface area (Å²) >= 11 is 0. The van der Waals surface area contributed by atoms with Crippen molar-refractivity contribution >= 4 is 65.3 Å². The van der Waals surface area contributed by atoms with E-state index < -0.39 is 227 Å². The number of benzene rings is 7. The molecule has 1 aromatic heterocycles. The van der Waals surface area contributed by atoms with E-state index in [-0.39, 0.29) is 67.5 Å². The van der Waals surface area contributed by atoms with E-state index in [4.69, 9.17) is 47.4 Å². The van der Waals surface area contributed by atoms with E-state index in [1.54, 1.807) is 0 Å². The molecule has 14 atom stereocenters. The molecule has 115 heavy (non-hydrogen) atoms. The molecular weight excluding hydrogens is 1510 g/mol. The van der Waals surface area contributed by atoms with Crippen LogP contribution >= 0.6 is 0 Å². The molecule has 0 aliphatic carbocycles. The Morgan fingerprint density at radius 1 is 0.496 bits per heavy atom. The molecule has 7 aliphatic rings. The van der Waals surface area contributed by atoms with E-state index >= 15 is 24.0 Å². The second-order valence-corrected chi connectivity index (χ2v) is 27.0. The zero-order valence-electron chi connectivity index (χ0n) is 61.1. The van der Waals surface area contributed by atoms with Crippen molar-refractivity contribution in [3.63, 3.8) is 0 Å². The average Bonchev–Trinajstić information content (AvgIpc) is 0.883. The predicted molar refractivity (Wildman–Crippen MR) is 383 cm³/mol. The van der Waals surface area contributed by atoms with Gasteiger partial charge >= 0.3 is 29.8 Å². The Balaban J connectivity index is 0.930. The molecule has 598 valence electrons. The zero-order valence-corrected chi connectivity index (χ0v) is 61.1. The van der Waals surface area contributed by atoms with Crippen LogP contribution in [0.4, 0.5) is 0 Å². The van der Waals surface area contributed by atoms with Gasteiger partial charge in [-0.2, -0.15) is 0 Å². The van der Waals surface area contributed by atoms with E-state index in [0.29, 0.717) is 0 Å². The number of amides is 6. The number of nitrogens with zero attached hydrogens (tertiary/aromatic N) is 3. The number of phenols is 6. The summed E-state index contributed by atoms with van der Waals surface area (Å²) in [5.41, 5.74) is -2.73. The number of aromatic hydroxyl groups is 6.